The number of hydrogen-bond acceptors (Lipinski definition) is 6. The van der Waals surface area contributed by atoms with Crippen molar-refractivity contribution in [2.75, 3.05) is 6.54 Å². The topological polar surface area (TPSA) is 174 Å². The number of carboxylic acid groups (broad SMARTS) is 1. The number of aliphatic carboxylic acids is 1. The quantitative estimate of drug-likeness (QED) is 0.231. The number of nitrogens with zero attached hydrogens (tertiary/aromatic N) is 4. The number of nitrogens with one attached hydrogen (secondary N) is 2. The number of ether oxygens (including phenoxy) is 1. The van der Waals surface area contributed by atoms with E-state index in [1.807, 2.05) is 42.5 Å². The van der Waals surface area contributed by atoms with Gasteiger partial charge in [-0.25, -0.2) is 9.59 Å². The zero-order chi connectivity index (χ0) is 31.4. The van der Waals surface area contributed by atoms with E-state index in [2.05, 4.69) is 20.7 Å². The molecule has 1 heterocycles. The van der Waals surface area contributed by atoms with E-state index in [1.54, 1.807) is 48.5 Å². The molecule has 3 N–H and O–H groups in total. The molecular formula is C30H40N6O6. The molecule has 1 aliphatic rings. The predicted octanol–water partition coefficient (Wildman–Crippen LogP) is 4.73. The number of carbonyl (C=O) groups excluding carboxylic acids is 3. The summed E-state index contributed by atoms with van der Waals surface area (Å²) in [4.78, 5) is 56.6. The molecule has 226 valence electrons. The standard InChI is InChI=1S/C30H40N6O6/c1-17(19-13-12-18-10-8-9-11-20(18)14-19)23(27(39)40)32-25(37)22-15-21(34-35-31)16-36(22)26(38)24(29(2,3)4)33-28(41)42-30(5,6)7/h8-14,17,21-24H,15-16H2,1-7H3,(H,32,37)(H,33,41)(H,39,40)/t17?,21-,22-,23?,24+/m0/s1. The van der Waals surface area contributed by atoms with Crippen LogP contribution in [0.2, 0.25) is 0 Å². The van der Waals surface area contributed by atoms with Crippen molar-refractivity contribution in [2.45, 2.75) is 90.6 Å². The fourth-order valence-corrected chi connectivity index (χ4v) is 5.04. The van der Waals surface area contributed by atoms with Gasteiger partial charge in [-0.1, -0.05) is 75.3 Å². The number of benzene rings is 2. The summed E-state index contributed by atoms with van der Waals surface area (Å²) >= 11 is 0. The van der Waals surface area contributed by atoms with Gasteiger partial charge in [-0.05, 0) is 54.5 Å². The Labute approximate surface area is 245 Å². The van der Waals surface area contributed by atoms with Crippen molar-refractivity contribution in [1.29, 1.82) is 0 Å². The molecule has 2 unspecified atom stereocenters. The number of fused-ring (bicyclic) bond motifs is 1. The summed E-state index contributed by atoms with van der Waals surface area (Å²) in [6.07, 6.45) is -0.792. The molecule has 12 nitrogen and oxygen atoms in total. The Kier molecular flexibility index (Phi) is 9.73. The van der Waals surface area contributed by atoms with E-state index < -0.39 is 65.0 Å². The smallest absolute Gasteiger partial charge is 0.408 e. The third-order valence-corrected chi connectivity index (χ3v) is 7.22. The second-order valence-corrected chi connectivity index (χ2v) is 12.8. The maximum Gasteiger partial charge on any atom is 0.408 e. The number of hydrogen-bond donors (Lipinski definition) is 3. The number of azide groups is 1. The molecule has 0 radical (unpaired) electrons. The van der Waals surface area contributed by atoms with Gasteiger partial charge in [0.2, 0.25) is 11.8 Å². The van der Waals surface area contributed by atoms with Gasteiger partial charge in [0.1, 0.15) is 23.7 Å². The minimum atomic E-state index is -1.30. The van der Waals surface area contributed by atoms with Crippen LogP contribution in [0.1, 0.15) is 66.4 Å². The SMILES string of the molecule is CC(c1ccc2ccccc2c1)C(NC(=O)[C@@H]1C[C@H](N=[N+]=[N-])CN1C(=O)[C@@H](NC(=O)OC(C)(C)C)C(C)(C)C)C(=O)O. The van der Waals surface area contributed by atoms with Crippen LogP contribution in [-0.2, 0) is 19.1 Å². The highest BCUT2D eigenvalue weighted by molar-refractivity contribution is 5.94. The second-order valence-electron chi connectivity index (χ2n) is 12.8. The lowest BCUT2D eigenvalue weighted by Crippen LogP contribution is -2.59. The van der Waals surface area contributed by atoms with Crippen molar-refractivity contribution < 1.29 is 29.0 Å². The predicted molar refractivity (Wildman–Crippen MR) is 158 cm³/mol. The van der Waals surface area contributed by atoms with Crippen LogP contribution < -0.4 is 10.6 Å². The Morgan fingerprint density at radius 2 is 1.69 bits per heavy atom. The van der Waals surface area contributed by atoms with E-state index in [1.165, 1.54) is 4.90 Å². The average Bonchev–Trinajstić information content (AvgIpc) is 3.31. The average molecular weight is 581 g/mol. The van der Waals surface area contributed by atoms with Gasteiger partial charge in [0.05, 0.1) is 6.04 Å². The van der Waals surface area contributed by atoms with Crippen LogP contribution in [0, 0.1) is 5.41 Å². The number of rotatable bonds is 8. The van der Waals surface area contributed by atoms with Gasteiger partial charge >= 0.3 is 12.1 Å². The Morgan fingerprint density at radius 3 is 2.26 bits per heavy atom. The number of carbonyl (C=O) groups is 4. The largest absolute Gasteiger partial charge is 0.480 e. The van der Waals surface area contributed by atoms with E-state index in [0.29, 0.717) is 0 Å². The molecule has 3 amide bonds. The van der Waals surface area contributed by atoms with Crippen molar-refractivity contribution in [3.05, 3.63) is 58.5 Å². The van der Waals surface area contributed by atoms with E-state index in [4.69, 9.17) is 10.3 Å². The zero-order valence-electron chi connectivity index (χ0n) is 25.1. The zero-order valence-corrected chi connectivity index (χ0v) is 25.1. The number of alkyl carbamates (subject to hydrolysis) is 1. The second kappa shape index (κ2) is 12.7. The van der Waals surface area contributed by atoms with Crippen molar-refractivity contribution in [2.24, 2.45) is 10.5 Å². The minimum absolute atomic E-state index is 0.00162. The van der Waals surface area contributed by atoms with Crippen LogP contribution in [0.15, 0.2) is 47.6 Å². The highest BCUT2D eigenvalue weighted by Gasteiger charge is 2.46. The summed E-state index contributed by atoms with van der Waals surface area (Å²) in [5.41, 5.74) is 8.18. The Hall–Kier alpha value is -4.31. The van der Waals surface area contributed by atoms with Crippen LogP contribution in [0.5, 0.6) is 0 Å². The number of carboxylic acids is 1. The molecule has 0 saturated carbocycles. The molecule has 0 aliphatic carbocycles. The summed E-state index contributed by atoms with van der Waals surface area (Å²) in [6, 6.07) is 9.08. The summed E-state index contributed by atoms with van der Waals surface area (Å²) < 4.78 is 5.35. The summed E-state index contributed by atoms with van der Waals surface area (Å²) in [5, 5.41) is 21.0. The van der Waals surface area contributed by atoms with Gasteiger partial charge in [0.25, 0.3) is 0 Å². The highest BCUT2D eigenvalue weighted by Crippen LogP contribution is 2.29. The maximum absolute atomic E-state index is 13.9. The first-order valence-corrected chi connectivity index (χ1v) is 13.9. The Balaban J connectivity index is 1.88. The Bertz CT molecular complexity index is 1390. The first kappa shape index (κ1) is 32.2. The van der Waals surface area contributed by atoms with Crippen LogP contribution in [0.4, 0.5) is 4.79 Å². The highest BCUT2D eigenvalue weighted by atomic mass is 16.6. The third kappa shape index (κ3) is 7.91. The maximum atomic E-state index is 13.9. The van der Waals surface area contributed by atoms with Gasteiger partial charge in [-0.15, -0.1) is 0 Å². The van der Waals surface area contributed by atoms with Gasteiger partial charge in [0, 0.05) is 17.4 Å². The van der Waals surface area contributed by atoms with Crippen LogP contribution in [-0.4, -0.2) is 70.2 Å². The number of amides is 3. The molecule has 2 aromatic rings. The fourth-order valence-electron chi connectivity index (χ4n) is 5.04. The molecule has 42 heavy (non-hydrogen) atoms. The molecule has 1 fully saturated rings. The first-order chi connectivity index (χ1) is 19.5. The lowest BCUT2D eigenvalue weighted by atomic mass is 9.85. The molecule has 0 aromatic heterocycles. The molecule has 1 aliphatic heterocycles. The molecule has 1 saturated heterocycles. The van der Waals surface area contributed by atoms with Crippen molar-refractivity contribution in [3.63, 3.8) is 0 Å². The monoisotopic (exact) mass is 580 g/mol. The van der Waals surface area contributed by atoms with Crippen molar-refractivity contribution in [1.82, 2.24) is 15.5 Å². The van der Waals surface area contributed by atoms with Gasteiger partial charge < -0.3 is 25.4 Å². The van der Waals surface area contributed by atoms with Gasteiger partial charge in [-0.2, -0.15) is 0 Å². The van der Waals surface area contributed by atoms with Crippen LogP contribution >= 0.6 is 0 Å². The Morgan fingerprint density at radius 1 is 1.05 bits per heavy atom. The first-order valence-electron chi connectivity index (χ1n) is 13.9. The molecule has 12 heteroatoms. The van der Waals surface area contributed by atoms with Crippen LogP contribution in [0.25, 0.3) is 21.2 Å². The normalized spacial score (nSPS) is 19.3. The third-order valence-electron chi connectivity index (χ3n) is 7.22. The van der Waals surface area contributed by atoms with Crippen molar-refractivity contribution in [3.8, 4) is 0 Å². The van der Waals surface area contributed by atoms with Gasteiger partial charge in [-0.3, -0.25) is 9.59 Å². The van der Waals surface area contributed by atoms with Crippen LogP contribution in [0.3, 0.4) is 0 Å². The molecule has 0 bridgehead atoms. The molecule has 3 rings (SSSR count). The lowest BCUT2D eigenvalue weighted by molar-refractivity contribution is -0.145. The number of likely N-dealkylation sites (tertiary alicyclic amines) is 1. The summed E-state index contributed by atoms with van der Waals surface area (Å²) in [5.74, 6) is -3.10. The van der Waals surface area contributed by atoms with E-state index >= 15 is 0 Å². The molecular weight excluding hydrogens is 540 g/mol. The van der Waals surface area contributed by atoms with Crippen molar-refractivity contribution >= 4 is 34.6 Å². The lowest BCUT2D eigenvalue weighted by Gasteiger charge is -2.36. The van der Waals surface area contributed by atoms with E-state index in [0.717, 1.165) is 16.3 Å². The molecule has 0 spiro atoms. The van der Waals surface area contributed by atoms with E-state index in [9.17, 15) is 24.3 Å². The van der Waals surface area contributed by atoms with Gasteiger partial charge in [0.15, 0.2) is 0 Å². The summed E-state index contributed by atoms with van der Waals surface area (Å²) in [6.45, 7) is 12.0. The minimum Gasteiger partial charge on any atom is -0.480 e. The molecule has 2 aromatic carbocycles. The fraction of sp³-hybridized carbons (Fsp3) is 0.533. The summed E-state index contributed by atoms with van der Waals surface area (Å²) in [7, 11) is 0. The molecule has 5 atom stereocenters. The van der Waals surface area contributed by atoms with E-state index in [-0.39, 0.29) is 13.0 Å².